The summed E-state index contributed by atoms with van der Waals surface area (Å²) in [4.78, 5) is 17.3. The van der Waals surface area contributed by atoms with Gasteiger partial charge >= 0.3 is 0 Å². The molecule has 0 radical (unpaired) electrons. The van der Waals surface area contributed by atoms with E-state index < -0.39 is 23.1 Å². The van der Waals surface area contributed by atoms with E-state index in [4.69, 9.17) is 4.42 Å². The van der Waals surface area contributed by atoms with Gasteiger partial charge in [0.1, 0.15) is 23.1 Å². The highest BCUT2D eigenvalue weighted by Crippen LogP contribution is 2.35. The molecule has 1 atom stereocenters. The van der Waals surface area contributed by atoms with Crippen LogP contribution < -0.4 is 5.56 Å². The summed E-state index contributed by atoms with van der Waals surface area (Å²) in [6, 6.07) is 8.63. The lowest BCUT2D eigenvalue weighted by Crippen LogP contribution is -2.25. The van der Waals surface area contributed by atoms with Crippen LogP contribution in [0.25, 0.3) is 28.3 Å². The Kier molecular flexibility index (Phi) is 6.42. The van der Waals surface area contributed by atoms with E-state index >= 15 is 0 Å². The fourth-order valence-corrected chi connectivity index (χ4v) is 4.03. The van der Waals surface area contributed by atoms with Gasteiger partial charge < -0.3 is 9.52 Å². The van der Waals surface area contributed by atoms with Gasteiger partial charge in [-0.25, -0.2) is 18.2 Å². The van der Waals surface area contributed by atoms with Crippen molar-refractivity contribution < 1.29 is 22.7 Å². The molecule has 8 heteroatoms. The predicted octanol–water partition coefficient (Wildman–Crippen LogP) is 5.90. The fraction of sp³-hybridized carbons (Fsp3) is 0.259. The zero-order chi connectivity index (χ0) is 25.5. The van der Waals surface area contributed by atoms with E-state index in [2.05, 4.69) is 4.98 Å². The van der Waals surface area contributed by atoms with Crippen molar-refractivity contribution in [1.29, 1.82) is 0 Å². The van der Waals surface area contributed by atoms with Gasteiger partial charge in [-0.05, 0) is 68.7 Å². The summed E-state index contributed by atoms with van der Waals surface area (Å²) in [5.41, 5.74) is 0.827. The van der Waals surface area contributed by atoms with Gasteiger partial charge in [-0.2, -0.15) is 0 Å². The Bertz CT molecular complexity index is 1450. The van der Waals surface area contributed by atoms with Gasteiger partial charge in [0.05, 0.1) is 23.3 Å². The van der Waals surface area contributed by atoms with Gasteiger partial charge in [0.2, 0.25) is 0 Å². The minimum absolute atomic E-state index is 0.0109. The minimum Gasteiger partial charge on any atom is -0.440 e. The number of halogens is 3. The first-order valence-corrected chi connectivity index (χ1v) is 11.2. The zero-order valence-corrected chi connectivity index (χ0v) is 19.8. The summed E-state index contributed by atoms with van der Waals surface area (Å²) in [5.74, 6) is -1.78. The summed E-state index contributed by atoms with van der Waals surface area (Å²) in [7, 11) is 0. The van der Waals surface area contributed by atoms with Crippen LogP contribution in [0.15, 0.2) is 57.9 Å². The van der Waals surface area contributed by atoms with Crippen molar-refractivity contribution in [3.05, 3.63) is 93.5 Å². The van der Waals surface area contributed by atoms with Gasteiger partial charge in [-0.1, -0.05) is 6.92 Å². The highest BCUT2D eigenvalue weighted by atomic mass is 19.1. The van der Waals surface area contributed by atoms with E-state index in [1.807, 2.05) is 6.92 Å². The predicted molar refractivity (Wildman–Crippen MR) is 127 cm³/mol. The quantitative estimate of drug-likeness (QED) is 0.372. The van der Waals surface area contributed by atoms with E-state index in [1.54, 1.807) is 20.8 Å². The van der Waals surface area contributed by atoms with Crippen molar-refractivity contribution in [2.24, 2.45) is 0 Å². The molecule has 0 aliphatic rings. The maximum absolute atomic E-state index is 14.7. The number of hydrogen-bond acceptors (Lipinski definition) is 4. The topological polar surface area (TPSA) is 68.3 Å². The van der Waals surface area contributed by atoms with Crippen LogP contribution >= 0.6 is 0 Å². The molecule has 2 heterocycles. The molecule has 2 aromatic heterocycles. The average molecular weight is 483 g/mol. The molecule has 0 aliphatic carbocycles. The molecule has 0 fully saturated rings. The van der Waals surface area contributed by atoms with Crippen molar-refractivity contribution >= 4 is 0 Å². The molecule has 4 aromatic rings. The molecule has 2 aromatic carbocycles. The van der Waals surface area contributed by atoms with Crippen molar-refractivity contribution in [3.63, 3.8) is 0 Å². The van der Waals surface area contributed by atoms with Crippen LogP contribution in [-0.4, -0.2) is 20.3 Å². The summed E-state index contributed by atoms with van der Waals surface area (Å²) >= 11 is 0. The molecule has 0 saturated carbocycles. The Balaban J connectivity index is 1.93. The van der Waals surface area contributed by atoms with Crippen LogP contribution in [0.2, 0.25) is 0 Å². The summed E-state index contributed by atoms with van der Waals surface area (Å²) in [6.07, 6.45) is 2.02. The second-order valence-electron chi connectivity index (χ2n) is 8.95. The van der Waals surface area contributed by atoms with Crippen molar-refractivity contribution in [2.75, 3.05) is 0 Å². The molecule has 1 unspecified atom stereocenters. The summed E-state index contributed by atoms with van der Waals surface area (Å²) < 4.78 is 49.4. The first-order valence-electron chi connectivity index (χ1n) is 11.2. The van der Waals surface area contributed by atoms with E-state index in [9.17, 15) is 23.1 Å². The first-order chi connectivity index (χ1) is 16.5. The fourth-order valence-electron chi connectivity index (χ4n) is 4.03. The average Bonchev–Trinajstić information content (AvgIpc) is 3.17. The number of pyridine rings is 1. The van der Waals surface area contributed by atoms with Crippen molar-refractivity contribution in [2.45, 2.75) is 46.1 Å². The van der Waals surface area contributed by atoms with Crippen molar-refractivity contribution in [1.82, 2.24) is 9.55 Å². The van der Waals surface area contributed by atoms with E-state index in [0.29, 0.717) is 28.8 Å². The number of aryl methyl sites for hydroxylation is 2. The lowest BCUT2D eigenvalue weighted by molar-refractivity contribution is 0.0500. The van der Waals surface area contributed by atoms with Crippen LogP contribution in [0.5, 0.6) is 0 Å². The monoisotopic (exact) mass is 482 g/mol. The first kappa shape index (κ1) is 24.5. The molecule has 35 heavy (non-hydrogen) atoms. The maximum atomic E-state index is 14.7. The number of hydrogen-bond donors (Lipinski definition) is 1. The lowest BCUT2D eigenvalue weighted by Gasteiger charge is -2.18. The number of rotatable bonds is 6. The van der Waals surface area contributed by atoms with Gasteiger partial charge in [0, 0.05) is 23.9 Å². The smallest absolute Gasteiger partial charge is 0.255 e. The number of nitrogens with zero attached hydrogens (tertiary/aromatic N) is 2. The van der Waals surface area contributed by atoms with Gasteiger partial charge in [-0.3, -0.25) is 9.36 Å². The van der Waals surface area contributed by atoms with Crippen LogP contribution in [-0.2, 0) is 6.42 Å². The molecule has 0 saturated heterocycles. The van der Waals surface area contributed by atoms with Crippen molar-refractivity contribution in [3.8, 4) is 28.3 Å². The lowest BCUT2D eigenvalue weighted by atomic mass is 9.99. The molecule has 182 valence electrons. The molecule has 1 N–H and O–H groups in total. The molecule has 4 rings (SSSR count). The molecule has 0 aliphatic heterocycles. The second kappa shape index (κ2) is 9.19. The maximum Gasteiger partial charge on any atom is 0.255 e. The zero-order valence-electron chi connectivity index (χ0n) is 19.8. The Morgan fingerprint density at radius 2 is 1.71 bits per heavy atom. The number of benzene rings is 2. The van der Waals surface area contributed by atoms with Gasteiger partial charge in [-0.15, -0.1) is 0 Å². The minimum atomic E-state index is -1.11. The normalized spacial score (nSPS) is 13.1. The second-order valence-corrected chi connectivity index (χ2v) is 8.95. The number of aromatic nitrogens is 2. The Morgan fingerprint density at radius 3 is 2.34 bits per heavy atom. The third kappa shape index (κ3) is 4.93. The molecular formula is C27H25F3N2O3. The van der Waals surface area contributed by atoms with Gasteiger partial charge in [0.25, 0.3) is 5.56 Å². The highest BCUT2D eigenvalue weighted by molar-refractivity contribution is 5.77. The largest absolute Gasteiger partial charge is 0.440 e. The molecular weight excluding hydrogens is 457 g/mol. The third-order valence-electron chi connectivity index (χ3n) is 6.02. The third-order valence-corrected chi connectivity index (χ3v) is 6.02. The molecule has 0 amide bonds. The van der Waals surface area contributed by atoms with Crippen LogP contribution in [0.1, 0.15) is 37.3 Å². The van der Waals surface area contributed by atoms with Gasteiger partial charge in [0.15, 0.2) is 11.7 Å². The highest BCUT2D eigenvalue weighted by Gasteiger charge is 2.26. The standard InChI is InChI=1S/C27H25F3N2O3/c1-5-27(4,34)13-22-31-24(26(35-22)20-8-7-18(28)12-21(20)30)17-6-9-23(33)32(14-17)25-15(2)10-19(29)11-16(25)3/h6-12,14,34H,5,13H2,1-4H3. The summed E-state index contributed by atoms with van der Waals surface area (Å²) in [5, 5.41) is 10.5. The molecule has 0 spiro atoms. The molecule has 0 bridgehead atoms. The van der Waals surface area contributed by atoms with E-state index in [1.165, 1.54) is 41.1 Å². The number of aliphatic hydroxyl groups is 1. The Hall–Kier alpha value is -3.65. The van der Waals surface area contributed by atoms with Crippen LogP contribution in [0.3, 0.4) is 0 Å². The van der Waals surface area contributed by atoms with Crippen LogP contribution in [0, 0.1) is 31.3 Å². The molecule has 5 nitrogen and oxygen atoms in total. The SMILES string of the molecule is CCC(C)(O)Cc1nc(-c2ccc(=O)n(-c3c(C)cc(F)cc3C)c2)c(-c2ccc(F)cc2F)o1. The van der Waals surface area contributed by atoms with E-state index in [0.717, 1.165) is 12.1 Å². The Morgan fingerprint density at radius 1 is 1.03 bits per heavy atom. The van der Waals surface area contributed by atoms with E-state index in [-0.39, 0.29) is 34.9 Å². The van der Waals surface area contributed by atoms with Crippen LogP contribution in [0.4, 0.5) is 13.2 Å². The number of oxazole rings is 1. The Labute approximate surface area is 200 Å². The summed E-state index contributed by atoms with van der Waals surface area (Å²) in [6.45, 7) is 6.85.